The first-order valence-electron chi connectivity index (χ1n) is 9.40. The SMILES string of the molecule is CCn1cc(C(=O)N2CCN(c3ccccc3)CC2)c(=O)c2ccccc21. The number of para-hydroxylation sites is 2. The number of pyridine rings is 1. The molecular formula is C22H23N3O2. The highest BCUT2D eigenvalue weighted by atomic mass is 16.2. The van der Waals surface area contributed by atoms with Gasteiger partial charge in [0, 0.05) is 50.0 Å². The van der Waals surface area contributed by atoms with E-state index in [0.29, 0.717) is 25.0 Å². The van der Waals surface area contributed by atoms with Crippen LogP contribution in [0.4, 0.5) is 5.69 Å². The van der Waals surface area contributed by atoms with E-state index in [4.69, 9.17) is 0 Å². The van der Waals surface area contributed by atoms with Crippen molar-refractivity contribution in [2.45, 2.75) is 13.5 Å². The van der Waals surface area contributed by atoms with Crippen molar-refractivity contribution >= 4 is 22.5 Å². The van der Waals surface area contributed by atoms with Gasteiger partial charge < -0.3 is 14.4 Å². The number of aryl methyl sites for hydroxylation is 1. The molecular weight excluding hydrogens is 338 g/mol. The van der Waals surface area contributed by atoms with Gasteiger partial charge in [-0.25, -0.2) is 0 Å². The molecule has 4 rings (SSSR count). The van der Waals surface area contributed by atoms with Gasteiger partial charge in [0.05, 0.1) is 5.52 Å². The monoisotopic (exact) mass is 361 g/mol. The fourth-order valence-corrected chi connectivity index (χ4v) is 3.74. The molecule has 0 atom stereocenters. The molecule has 1 saturated heterocycles. The Morgan fingerprint density at radius 2 is 1.59 bits per heavy atom. The summed E-state index contributed by atoms with van der Waals surface area (Å²) >= 11 is 0. The second-order valence-electron chi connectivity index (χ2n) is 6.79. The molecule has 1 aliphatic heterocycles. The standard InChI is InChI=1S/C22H23N3O2/c1-2-23-16-19(21(26)18-10-6-7-11-20(18)23)22(27)25-14-12-24(13-15-25)17-8-4-3-5-9-17/h3-11,16H,2,12-15H2,1H3. The molecule has 0 spiro atoms. The van der Waals surface area contributed by atoms with Crippen LogP contribution >= 0.6 is 0 Å². The quantitative estimate of drug-likeness (QED) is 0.720. The maximum Gasteiger partial charge on any atom is 0.259 e. The summed E-state index contributed by atoms with van der Waals surface area (Å²) in [4.78, 5) is 30.0. The van der Waals surface area contributed by atoms with Crippen molar-refractivity contribution in [1.29, 1.82) is 0 Å². The summed E-state index contributed by atoms with van der Waals surface area (Å²) in [7, 11) is 0. The molecule has 3 aromatic rings. The molecule has 1 aromatic heterocycles. The molecule has 2 heterocycles. The van der Waals surface area contributed by atoms with Gasteiger partial charge in [0.25, 0.3) is 5.91 Å². The molecule has 0 bridgehead atoms. The van der Waals surface area contributed by atoms with Crippen molar-refractivity contribution < 1.29 is 4.79 Å². The predicted molar refractivity (Wildman–Crippen MR) is 108 cm³/mol. The average molecular weight is 361 g/mol. The predicted octanol–water partition coefficient (Wildman–Crippen LogP) is 2.98. The van der Waals surface area contributed by atoms with Gasteiger partial charge in [0.15, 0.2) is 0 Å². The minimum absolute atomic E-state index is 0.166. The van der Waals surface area contributed by atoms with Crippen LogP contribution in [0.5, 0.6) is 0 Å². The van der Waals surface area contributed by atoms with E-state index in [0.717, 1.165) is 18.6 Å². The fraction of sp³-hybridized carbons (Fsp3) is 0.273. The topological polar surface area (TPSA) is 45.6 Å². The number of fused-ring (bicyclic) bond motifs is 1. The number of piperazine rings is 1. The van der Waals surface area contributed by atoms with E-state index in [1.54, 1.807) is 17.2 Å². The zero-order valence-electron chi connectivity index (χ0n) is 15.5. The zero-order chi connectivity index (χ0) is 18.8. The van der Waals surface area contributed by atoms with Gasteiger partial charge in [-0.05, 0) is 31.2 Å². The van der Waals surface area contributed by atoms with E-state index < -0.39 is 0 Å². The highest BCUT2D eigenvalue weighted by Crippen LogP contribution is 2.17. The smallest absolute Gasteiger partial charge is 0.259 e. The maximum atomic E-state index is 13.1. The van der Waals surface area contributed by atoms with E-state index in [1.807, 2.05) is 47.9 Å². The number of anilines is 1. The lowest BCUT2D eigenvalue weighted by Gasteiger charge is -2.36. The number of hydrogen-bond acceptors (Lipinski definition) is 3. The van der Waals surface area contributed by atoms with Crippen molar-refractivity contribution in [3.05, 3.63) is 76.6 Å². The van der Waals surface area contributed by atoms with Crippen molar-refractivity contribution in [3.8, 4) is 0 Å². The minimum atomic E-state index is -0.175. The number of rotatable bonds is 3. The molecule has 0 aliphatic carbocycles. The molecule has 0 radical (unpaired) electrons. The minimum Gasteiger partial charge on any atom is -0.368 e. The summed E-state index contributed by atoms with van der Waals surface area (Å²) < 4.78 is 1.98. The van der Waals surface area contributed by atoms with Crippen molar-refractivity contribution in [3.63, 3.8) is 0 Å². The van der Waals surface area contributed by atoms with Gasteiger partial charge in [-0.2, -0.15) is 0 Å². The lowest BCUT2D eigenvalue weighted by molar-refractivity contribution is 0.0745. The largest absolute Gasteiger partial charge is 0.368 e. The number of carbonyl (C=O) groups excluding carboxylic acids is 1. The molecule has 2 aromatic carbocycles. The maximum absolute atomic E-state index is 13.1. The Kier molecular flexibility index (Phi) is 4.67. The van der Waals surface area contributed by atoms with E-state index in [9.17, 15) is 9.59 Å². The first-order chi connectivity index (χ1) is 13.2. The molecule has 27 heavy (non-hydrogen) atoms. The summed E-state index contributed by atoms with van der Waals surface area (Å²) in [6.45, 7) is 5.50. The number of amides is 1. The van der Waals surface area contributed by atoms with Gasteiger partial charge in [-0.1, -0.05) is 30.3 Å². The highest BCUT2D eigenvalue weighted by Gasteiger charge is 2.25. The fourth-order valence-electron chi connectivity index (χ4n) is 3.74. The Balaban J connectivity index is 1.59. The second kappa shape index (κ2) is 7.27. The second-order valence-corrected chi connectivity index (χ2v) is 6.79. The number of nitrogens with zero attached hydrogens (tertiary/aromatic N) is 3. The summed E-state index contributed by atoms with van der Waals surface area (Å²) in [6.07, 6.45) is 1.72. The number of benzene rings is 2. The lowest BCUT2D eigenvalue weighted by Crippen LogP contribution is -2.49. The Morgan fingerprint density at radius 1 is 0.926 bits per heavy atom. The van der Waals surface area contributed by atoms with Crippen LogP contribution in [-0.2, 0) is 6.54 Å². The van der Waals surface area contributed by atoms with Gasteiger partial charge in [0.1, 0.15) is 5.56 Å². The van der Waals surface area contributed by atoms with Crippen LogP contribution in [0.25, 0.3) is 10.9 Å². The molecule has 1 fully saturated rings. The Hall–Kier alpha value is -3.08. The summed E-state index contributed by atoms with van der Waals surface area (Å²) in [6, 6.07) is 17.7. The summed E-state index contributed by atoms with van der Waals surface area (Å²) in [5.41, 5.74) is 2.13. The van der Waals surface area contributed by atoms with Crippen LogP contribution in [0.3, 0.4) is 0 Å². The van der Waals surface area contributed by atoms with Gasteiger partial charge >= 0.3 is 0 Å². The molecule has 0 N–H and O–H groups in total. The van der Waals surface area contributed by atoms with Crippen molar-refractivity contribution in [1.82, 2.24) is 9.47 Å². The normalized spacial score (nSPS) is 14.6. The Labute approximate surface area is 158 Å². The van der Waals surface area contributed by atoms with E-state index in [-0.39, 0.29) is 16.9 Å². The first kappa shape index (κ1) is 17.3. The third kappa shape index (κ3) is 3.21. The molecule has 5 heteroatoms. The van der Waals surface area contributed by atoms with Crippen LogP contribution < -0.4 is 10.3 Å². The molecule has 1 amide bonds. The number of aromatic nitrogens is 1. The molecule has 0 saturated carbocycles. The average Bonchev–Trinajstić information content (AvgIpc) is 2.74. The van der Waals surface area contributed by atoms with Gasteiger partial charge in [0.2, 0.25) is 5.43 Å². The van der Waals surface area contributed by atoms with Crippen molar-refractivity contribution in [2.75, 3.05) is 31.1 Å². The van der Waals surface area contributed by atoms with Crippen LogP contribution in [0.1, 0.15) is 17.3 Å². The van der Waals surface area contributed by atoms with E-state index in [1.165, 1.54) is 5.69 Å². The van der Waals surface area contributed by atoms with E-state index in [2.05, 4.69) is 17.0 Å². The highest BCUT2D eigenvalue weighted by molar-refractivity contribution is 5.97. The lowest BCUT2D eigenvalue weighted by atomic mass is 10.1. The van der Waals surface area contributed by atoms with Crippen LogP contribution in [-0.4, -0.2) is 41.6 Å². The Bertz CT molecular complexity index is 1020. The molecule has 0 unspecified atom stereocenters. The summed E-state index contributed by atoms with van der Waals surface area (Å²) in [5.74, 6) is -0.166. The zero-order valence-corrected chi connectivity index (χ0v) is 15.5. The van der Waals surface area contributed by atoms with E-state index >= 15 is 0 Å². The van der Waals surface area contributed by atoms with Gasteiger partial charge in [-0.15, -0.1) is 0 Å². The van der Waals surface area contributed by atoms with Crippen LogP contribution in [0.2, 0.25) is 0 Å². The van der Waals surface area contributed by atoms with Crippen molar-refractivity contribution in [2.24, 2.45) is 0 Å². The first-order valence-corrected chi connectivity index (χ1v) is 9.40. The Morgan fingerprint density at radius 3 is 2.30 bits per heavy atom. The van der Waals surface area contributed by atoms with Crippen LogP contribution in [0.15, 0.2) is 65.6 Å². The number of hydrogen-bond donors (Lipinski definition) is 0. The van der Waals surface area contributed by atoms with Gasteiger partial charge in [-0.3, -0.25) is 9.59 Å². The van der Waals surface area contributed by atoms with Crippen LogP contribution in [0, 0.1) is 0 Å². The molecule has 1 aliphatic rings. The molecule has 138 valence electrons. The number of carbonyl (C=O) groups is 1. The summed E-state index contributed by atoms with van der Waals surface area (Å²) in [5, 5.41) is 0.605. The third-order valence-electron chi connectivity index (χ3n) is 5.25. The molecule has 5 nitrogen and oxygen atoms in total. The third-order valence-corrected chi connectivity index (χ3v) is 5.25.